The van der Waals surface area contributed by atoms with Gasteiger partial charge in [0.05, 0.1) is 24.5 Å². The number of carbonyl (C=O) groups is 2. The minimum atomic E-state index is -0.227. The molecule has 0 heterocycles. The zero-order valence-electron chi connectivity index (χ0n) is 12.3. The summed E-state index contributed by atoms with van der Waals surface area (Å²) in [6, 6.07) is 4.87. The predicted molar refractivity (Wildman–Crippen MR) is 85.3 cm³/mol. The summed E-state index contributed by atoms with van der Waals surface area (Å²) >= 11 is 5.80. The molecule has 0 aromatic heterocycles. The van der Waals surface area contributed by atoms with Gasteiger partial charge in [0.2, 0.25) is 11.8 Å². The molecule has 0 spiro atoms. The summed E-state index contributed by atoms with van der Waals surface area (Å²) in [5, 5.41) is 5.92. The van der Waals surface area contributed by atoms with Gasteiger partial charge in [0.25, 0.3) is 0 Å². The Morgan fingerprint density at radius 2 is 1.90 bits per heavy atom. The normalized spacial score (nSPS) is 10.5. The van der Waals surface area contributed by atoms with E-state index in [-0.39, 0.29) is 24.9 Å². The van der Waals surface area contributed by atoms with Crippen LogP contribution < -0.4 is 16.4 Å². The van der Waals surface area contributed by atoms with Crippen LogP contribution in [0.25, 0.3) is 0 Å². The van der Waals surface area contributed by atoms with E-state index in [2.05, 4.69) is 10.6 Å². The van der Waals surface area contributed by atoms with Crippen molar-refractivity contribution in [1.29, 1.82) is 0 Å². The van der Waals surface area contributed by atoms with Gasteiger partial charge in [-0.15, -0.1) is 0 Å². The molecule has 7 heteroatoms. The SMILES string of the molecule is CCNC(=O)CN(CC)CC(=O)Nc1ccc(Cl)cc1N. The highest BCUT2D eigenvalue weighted by atomic mass is 35.5. The molecule has 2 amide bonds. The number of hydrogen-bond acceptors (Lipinski definition) is 4. The van der Waals surface area contributed by atoms with Gasteiger partial charge in [-0.05, 0) is 31.7 Å². The largest absolute Gasteiger partial charge is 0.397 e. The molecule has 6 nitrogen and oxygen atoms in total. The molecule has 4 N–H and O–H groups in total. The molecule has 0 fully saturated rings. The lowest BCUT2D eigenvalue weighted by Gasteiger charge is -2.19. The molecule has 116 valence electrons. The number of benzene rings is 1. The van der Waals surface area contributed by atoms with Crippen LogP contribution in [0.2, 0.25) is 5.02 Å². The van der Waals surface area contributed by atoms with Crippen LogP contribution in [-0.4, -0.2) is 42.9 Å². The number of nitrogen functional groups attached to an aromatic ring is 1. The predicted octanol–water partition coefficient (Wildman–Crippen LogP) is 1.32. The third kappa shape index (κ3) is 6.01. The Morgan fingerprint density at radius 1 is 1.24 bits per heavy atom. The van der Waals surface area contributed by atoms with Gasteiger partial charge in [-0.1, -0.05) is 18.5 Å². The van der Waals surface area contributed by atoms with Crippen molar-refractivity contribution in [3.05, 3.63) is 23.2 Å². The summed E-state index contributed by atoms with van der Waals surface area (Å²) in [5.41, 5.74) is 6.69. The lowest BCUT2D eigenvalue weighted by atomic mass is 10.2. The van der Waals surface area contributed by atoms with Crippen molar-refractivity contribution >= 4 is 34.8 Å². The van der Waals surface area contributed by atoms with Crippen molar-refractivity contribution in [2.45, 2.75) is 13.8 Å². The van der Waals surface area contributed by atoms with Crippen LogP contribution in [0.15, 0.2) is 18.2 Å². The van der Waals surface area contributed by atoms with Crippen molar-refractivity contribution in [1.82, 2.24) is 10.2 Å². The molecule has 0 unspecified atom stereocenters. The van der Waals surface area contributed by atoms with Gasteiger partial charge >= 0.3 is 0 Å². The van der Waals surface area contributed by atoms with Gasteiger partial charge in [-0.25, -0.2) is 0 Å². The van der Waals surface area contributed by atoms with Crippen LogP contribution in [0.3, 0.4) is 0 Å². The first-order valence-electron chi connectivity index (χ1n) is 6.80. The van der Waals surface area contributed by atoms with Gasteiger partial charge in [-0.3, -0.25) is 14.5 Å². The molecule has 1 aromatic rings. The van der Waals surface area contributed by atoms with Crippen LogP contribution in [0.1, 0.15) is 13.8 Å². The third-order valence-electron chi connectivity index (χ3n) is 2.84. The first-order chi connectivity index (χ1) is 9.96. The van der Waals surface area contributed by atoms with Crippen LogP contribution in [0.4, 0.5) is 11.4 Å². The van der Waals surface area contributed by atoms with E-state index in [0.717, 1.165) is 0 Å². The number of halogens is 1. The summed E-state index contributed by atoms with van der Waals surface area (Å²) in [6.07, 6.45) is 0. The molecule has 0 aliphatic heterocycles. The summed E-state index contributed by atoms with van der Waals surface area (Å²) in [6.45, 7) is 5.22. The fourth-order valence-electron chi connectivity index (χ4n) is 1.78. The van der Waals surface area contributed by atoms with E-state index in [0.29, 0.717) is 29.5 Å². The Hall–Kier alpha value is -1.79. The Morgan fingerprint density at radius 3 is 2.48 bits per heavy atom. The average Bonchev–Trinajstić information content (AvgIpc) is 2.41. The van der Waals surface area contributed by atoms with Crippen molar-refractivity contribution in [3.8, 4) is 0 Å². The van der Waals surface area contributed by atoms with E-state index in [4.69, 9.17) is 17.3 Å². The number of nitrogens with zero attached hydrogens (tertiary/aromatic N) is 1. The number of rotatable bonds is 7. The monoisotopic (exact) mass is 312 g/mol. The number of anilines is 2. The highest BCUT2D eigenvalue weighted by Crippen LogP contribution is 2.22. The molecule has 0 atom stereocenters. The number of carbonyl (C=O) groups excluding carboxylic acids is 2. The summed E-state index contributed by atoms with van der Waals surface area (Å²) in [5.74, 6) is -0.326. The van der Waals surface area contributed by atoms with E-state index in [1.807, 2.05) is 13.8 Å². The van der Waals surface area contributed by atoms with E-state index in [1.54, 1.807) is 23.1 Å². The van der Waals surface area contributed by atoms with Crippen LogP contribution >= 0.6 is 11.6 Å². The van der Waals surface area contributed by atoms with Gasteiger partial charge in [0, 0.05) is 11.6 Å². The van der Waals surface area contributed by atoms with Crippen molar-refractivity contribution in [2.75, 3.05) is 37.2 Å². The fraction of sp³-hybridized carbons (Fsp3) is 0.429. The first-order valence-corrected chi connectivity index (χ1v) is 7.18. The summed E-state index contributed by atoms with van der Waals surface area (Å²) in [4.78, 5) is 25.3. The van der Waals surface area contributed by atoms with Crippen LogP contribution in [0.5, 0.6) is 0 Å². The summed E-state index contributed by atoms with van der Waals surface area (Å²) < 4.78 is 0. The van der Waals surface area contributed by atoms with Gasteiger partial charge in [0.15, 0.2) is 0 Å². The number of amides is 2. The highest BCUT2D eigenvalue weighted by molar-refractivity contribution is 6.31. The van der Waals surface area contributed by atoms with E-state index >= 15 is 0 Å². The third-order valence-corrected chi connectivity index (χ3v) is 3.08. The lowest BCUT2D eigenvalue weighted by molar-refractivity contribution is -0.123. The fourth-order valence-corrected chi connectivity index (χ4v) is 1.96. The second-order valence-electron chi connectivity index (χ2n) is 4.54. The van der Waals surface area contributed by atoms with Crippen molar-refractivity contribution in [2.24, 2.45) is 0 Å². The minimum absolute atomic E-state index is 0.0989. The zero-order chi connectivity index (χ0) is 15.8. The molecule has 0 saturated heterocycles. The van der Waals surface area contributed by atoms with E-state index in [9.17, 15) is 9.59 Å². The maximum absolute atomic E-state index is 12.0. The number of nitrogens with two attached hydrogens (primary N) is 1. The van der Waals surface area contributed by atoms with Gasteiger partial charge in [0.1, 0.15) is 0 Å². The standard InChI is InChI=1S/C14H21ClN4O2/c1-3-17-13(20)8-19(4-2)9-14(21)18-12-6-5-10(15)7-11(12)16/h5-7H,3-4,8-9,16H2,1-2H3,(H,17,20)(H,18,21). The quantitative estimate of drug-likeness (QED) is 0.663. The molecular weight excluding hydrogens is 292 g/mol. The lowest BCUT2D eigenvalue weighted by Crippen LogP contribution is -2.41. The molecule has 1 aromatic carbocycles. The van der Waals surface area contributed by atoms with Crippen molar-refractivity contribution < 1.29 is 9.59 Å². The maximum Gasteiger partial charge on any atom is 0.238 e. The Kier molecular flexibility index (Phi) is 6.98. The molecule has 0 radical (unpaired) electrons. The second-order valence-corrected chi connectivity index (χ2v) is 4.97. The smallest absolute Gasteiger partial charge is 0.238 e. The highest BCUT2D eigenvalue weighted by Gasteiger charge is 2.13. The second kappa shape index (κ2) is 8.49. The minimum Gasteiger partial charge on any atom is -0.397 e. The number of likely N-dealkylation sites (N-methyl/N-ethyl adjacent to an activating group) is 2. The Balaban J connectivity index is 2.56. The molecular formula is C14H21ClN4O2. The van der Waals surface area contributed by atoms with E-state index in [1.165, 1.54) is 0 Å². The molecule has 0 aliphatic rings. The molecule has 0 bridgehead atoms. The molecule has 0 aliphatic carbocycles. The Labute approximate surface area is 129 Å². The number of hydrogen-bond donors (Lipinski definition) is 3. The first kappa shape index (κ1) is 17.3. The number of nitrogens with one attached hydrogen (secondary N) is 2. The van der Waals surface area contributed by atoms with Crippen molar-refractivity contribution in [3.63, 3.8) is 0 Å². The molecule has 21 heavy (non-hydrogen) atoms. The molecule has 0 saturated carbocycles. The molecule has 1 rings (SSSR count). The topological polar surface area (TPSA) is 87.5 Å². The van der Waals surface area contributed by atoms with Gasteiger partial charge < -0.3 is 16.4 Å². The van der Waals surface area contributed by atoms with Crippen LogP contribution in [-0.2, 0) is 9.59 Å². The maximum atomic E-state index is 12.0. The summed E-state index contributed by atoms with van der Waals surface area (Å²) in [7, 11) is 0. The van der Waals surface area contributed by atoms with Crippen LogP contribution in [0, 0.1) is 0 Å². The zero-order valence-corrected chi connectivity index (χ0v) is 13.0. The average molecular weight is 313 g/mol. The van der Waals surface area contributed by atoms with Gasteiger partial charge in [-0.2, -0.15) is 0 Å². The Bertz CT molecular complexity index is 508. The van der Waals surface area contributed by atoms with E-state index < -0.39 is 0 Å².